The predicted molar refractivity (Wildman–Crippen MR) is 58.9 cm³/mol. The van der Waals surface area contributed by atoms with Crippen LogP contribution in [-0.4, -0.2) is 9.97 Å². The van der Waals surface area contributed by atoms with Crippen molar-refractivity contribution in [1.82, 2.24) is 9.97 Å². The molecule has 2 nitrogen and oxygen atoms in total. The third kappa shape index (κ3) is 2.20. The van der Waals surface area contributed by atoms with Crippen LogP contribution in [0.4, 0.5) is 0 Å². The van der Waals surface area contributed by atoms with Crippen LogP contribution in [0, 0.1) is 3.57 Å². The van der Waals surface area contributed by atoms with Gasteiger partial charge in [0.1, 0.15) is 16.1 Å². The third-order valence-electron chi connectivity index (χ3n) is 1.30. The van der Waals surface area contributed by atoms with Gasteiger partial charge in [-0.3, -0.25) is 0 Å². The number of hydrogen-bond acceptors (Lipinski definition) is 2. The van der Waals surface area contributed by atoms with E-state index in [1.54, 1.807) is 0 Å². The molecule has 0 unspecified atom stereocenters. The molecule has 0 amide bonds. The highest BCUT2D eigenvalue weighted by Crippen LogP contribution is 2.24. The lowest BCUT2D eigenvalue weighted by atomic mass is 10.2. The van der Waals surface area contributed by atoms with E-state index in [1.807, 2.05) is 36.4 Å². The van der Waals surface area contributed by atoms with E-state index in [0.717, 1.165) is 0 Å². The fourth-order valence-corrected chi connectivity index (χ4v) is 1.31. The predicted octanol–water partition coefficient (Wildman–Crippen LogP) is 3.51. The molecule has 0 saturated carbocycles. The highest BCUT2D eigenvalue weighted by molar-refractivity contribution is 14.1. The van der Waals surface area contributed by atoms with Gasteiger partial charge < -0.3 is 0 Å². The molecule has 12 heavy (non-hydrogen) atoms. The van der Waals surface area contributed by atoms with Gasteiger partial charge in [0.25, 0.3) is 0 Å². The van der Waals surface area contributed by atoms with Crippen LogP contribution >= 0.6 is 45.8 Å². The summed E-state index contributed by atoms with van der Waals surface area (Å²) in [5.74, 6) is 0.933. The molecule has 1 aromatic rings. The fraction of sp³-hybridized carbons (Fsp3) is 0.429. The standard InChI is InChI=1S/C7H7Cl2IN2/c1-3(2)7-11-5(8)4(10)6(9)12-7/h3H,1-2H3. The van der Waals surface area contributed by atoms with E-state index in [1.165, 1.54) is 0 Å². The Hall–Kier alpha value is 0.390. The van der Waals surface area contributed by atoms with Gasteiger partial charge in [0, 0.05) is 5.92 Å². The summed E-state index contributed by atoms with van der Waals surface area (Å²) >= 11 is 13.7. The Morgan fingerprint density at radius 3 is 1.92 bits per heavy atom. The molecule has 0 saturated heterocycles. The average Bonchev–Trinajstić information content (AvgIpc) is 1.99. The van der Waals surface area contributed by atoms with Gasteiger partial charge in [-0.15, -0.1) is 0 Å². The Morgan fingerprint density at radius 1 is 1.17 bits per heavy atom. The van der Waals surface area contributed by atoms with Gasteiger partial charge in [-0.1, -0.05) is 37.0 Å². The molecule has 0 atom stereocenters. The first-order valence-corrected chi connectivity index (χ1v) is 5.24. The van der Waals surface area contributed by atoms with E-state index in [-0.39, 0.29) is 5.92 Å². The smallest absolute Gasteiger partial charge is 0.147 e. The van der Waals surface area contributed by atoms with Crippen LogP contribution in [0.25, 0.3) is 0 Å². The lowest BCUT2D eigenvalue weighted by molar-refractivity contribution is 0.772. The second-order valence-corrected chi connectivity index (χ2v) is 4.43. The molecular formula is C7H7Cl2IN2. The van der Waals surface area contributed by atoms with Crippen LogP contribution in [0.15, 0.2) is 0 Å². The number of rotatable bonds is 1. The van der Waals surface area contributed by atoms with E-state index < -0.39 is 0 Å². The monoisotopic (exact) mass is 316 g/mol. The molecule has 0 aromatic carbocycles. The molecule has 0 aliphatic heterocycles. The largest absolute Gasteiger partial charge is 0.220 e. The zero-order valence-electron chi connectivity index (χ0n) is 6.61. The molecule has 1 aromatic heterocycles. The molecule has 0 N–H and O–H groups in total. The summed E-state index contributed by atoms with van der Waals surface area (Å²) in [5.41, 5.74) is 0. The summed E-state index contributed by atoms with van der Waals surface area (Å²) in [6.07, 6.45) is 0. The lowest BCUT2D eigenvalue weighted by Gasteiger charge is -2.05. The van der Waals surface area contributed by atoms with Gasteiger partial charge in [0.05, 0.1) is 3.57 Å². The van der Waals surface area contributed by atoms with Crippen molar-refractivity contribution in [3.05, 3.63) is 19.7 Å². The van der Waals surface area contributed by atoms with E-state index in [0.29, 0.717) is 19.7 Å². The quantitative estimate of drug-likeness (QED) is 0.585. The molecule has 0 bridgehead atoms. The molecule has 1 rings (SSSR count). The highest BCUT2D eigenvalue weighted by atomic mass is 127. The average molecular weight is 317 g/mol. The van der Waals surface area contributed by atoms with Crippen molar-refractivity contribution in [1.29, 1.82) is 0 Å². The van der Waals surface area contributed by atoms with E-state index in [2.05, 4.69) is 9.97 Å². The summed E-state index contributed by atoms with van der Waals surface area (Å²) < 4.78 is 0.709. The zero-order chi connectivity index (χ0) is 9.30. The van der Waals surface area contributed by atoms with Gasteiger partial charge in [0.15, 0.2) is 0 Å². The van der Waals surface area contributed by atoms with Crippen LogP contribution in [-0.2, 0) is 0 Å². The second kappa shape index (κ2) is 4.07. The molecule has 0 aliphatic carbocycles. The summed E-state index contributed by atoms with van der Waals surface area (Å²) in [6.45, 7) is 3.99. The summed E-state index contributed by atoms with van der Waals surface area (Å²) in [5, 5.41) is 0.860. The normalized spacial score (nSPS) is 10.8. The first kappa shape index (κ1) is 10.5. The molecule has 66 valence electrons. The minimum atomic E-state index is 0.247. The van der Waals surface area contributed by atoms with Gasteiger partial charge in [-0.2, -0.15) is 0 Å². The molecule has 1 heterocycles. The SMILES string of the molecule is CC(C)c1nc(Cl)c(I)c(Cl)n1. The molecule has 5 heteroatoms. The molecule has 0 radical (unpaired) electrons. The van der Waals surface area contributed by atoms with Crippen molar-refractivity contribution in [2.24, 2.45) is 0 Å². The molecule has 0 spiro atoms. The second-order valence-electron chi connectivity index (χ2n) is 2.63. The number of aromatic nitrogens is 2. The van der Waals surface area contributed by atoms with Crippen LogP contribution in [0.2, 0.25) is 10.3 Å². The zero-order valence-corrected chi connectivity index (χ0v) is 10.3. The van der Waals surface area contributed by atoms with Gasteiger partial charge in [-0.05, 0) is 22.6 Å². The number of nitrogens with zero attached hydrogens (tertiary/aromatic N) is 2. The number of halogens is 3. The first-order valence-electron chi connectivity index (χ1n) is 3.40. The van der Waals surface area contributed by atoms with Crippen molar-refractivity contribution in [3.63, 3.8) is 0 Å². The van der Waals surface area contributed by atoms with Crippen molar-refractivity contribution >= 4 is 45.8 Å². The fourth-order valence-electron chi connectivity index (χ4n) is 0.668. The summed E-state index contributed by atoms with van der Waals surface area (Å²) in [6, 6.07) is 0. The minimum absolute atomic E-state index is 0.247. The van der Waals surface area contributed by atoms with Crippen molar-refractivity contribution < 1.29 is 0 Å². The van der Waals surface area contributed by atoms with Crippen LogP contribution in [0.1, 0.15) is 25.6 Å². The van der Waals surface area contributed by atoms with Crippen LogP contribution in [0.5, 0.6) is 0 Å². The highest BCUT2D eigenvalue weighted by Gasteiger charge is 2.10. The van der Waals surface area contributed by atoms with Crippen LogP contribution in [0.3, 0.4) is 0 Å². The topological polar surface area (TPSA) is 25.8 Å². The van der Waals surface area contributed by atoms with Gasteiger partial charge >= 0.3 is 0 Å². The maximum absolute atomic E-state index is 5.82. The summed E-state index contributed by atoms with van der Waals surface area (Å²) in [4.78, 5) is 8.19. The van der Waals surface area contributed by atoms with Crippen molar-refractivity contribution in [3.8, 4) is 0 Å². The number of hydrogen-bond donors (Lipinski definition) is 0. The van der Waals surface area contributed by atoms with Crippen LogP contribution < -0.4 is 0 Å². The molecule has 0 fully saturated rings. The Labute approximate surface area is 94.8 Å². The molecule has 0 aliphatic rings. The van der Waals surface area contributed by atoms with E-state index in [4.69, 9.17) is 23.2 Å². The van der Waals surface area contributed by atoms with Gasteiger partial charge in [0.2, 0.25) is 0 Å². The Balaban J connectivity index is 3.21. The maximum atomic E-state index is 5.82. The van der Waals surface area contributed by atoms with Crippen molar-refractivity contribution in [2.75, 3.05) is 0 Å². The Bertz CT molecular complexity index is 278. The van der Waals surface area contributed by atoms with Gasteiger partial charge in [-0.25, -0.2) is 9.97 Å². The lowest BCUT2D eigenvalue weighted by Crippen LogP contribution is -1.99. The van der Waals surface area contributed by atoms with E-state index >= 15 is 0 Å². The Morgan fingerprint density at radius 2 is 1.58 bits per heavy atom. The van der Waals surface area contributed by atoms with Crippen molar-refractivity contribution in [2.45, 2.75) is 19.8 Å². The molecular weight excluding hydrogens is 310 g/mol. The third-order valence-corrected chi connectivity index (χ3v) is 3.51. The maximum Gasteiger partial charge on any atom is 0.147 e. The van der Waals surface area contributed by atoms with E-state index in [9.17, 15) is 0 Å². The minimum Gasteiger partial charge on any atom is -0.220 e. The summed E-state index contributed by atoms with van der Waals surface area (Å²) in [7, 11) is 0. The Kier molecular flexibility index (Phi) is 3.55. The first-order chi connectivity index (χ1) is 5.52.